The van der Waals surface area contributed by atoms with Crippen molar-refractivity contribution in [3.63, 3.8) is 0 Å². The number of nitrogens with one attached hydrogen (secondary N) is 1. The molecule has 3 aromatic rings. The first-order valence-corrected chi connectivity index (χ1v) is 12.4. The predicted molar refractivity (Wildman–Crippen MR) is 134 cm³/mol. The highest BCUT2D eigenvalue weighted by Crippen LogP contribution is 2.32. The maximum atomic E-state index is 13.3. The number of aliphatic imine (C=N–C) groups is 1. The zero-order valence-corrected chi connectivity index (χ0v) is 20.7. The van der Waals surface area contributed by atoms with E-state index in [0.29, 0.717) is 22.1 Å². The van der Waals surface area contributed by atoms with E-state index in [1.807, 2.05) is 0 Å². The number of halogens is 3. The van der Waals surface area contributed by atoms with Crippen molar-refractivity contribution in [2.75, 3.05) is 0 Å². The third-order valence-electron chi connectivity index (χ3n) is 4.56. The first-order chi connectivity index (χ1) is 16.9. The molecule has 1 unspecified atom stereocenters. The minimum absolute atomic E-state index is 0.0436. The van der Waals surface area contributed by atoms with Gasteiger partial charge in [-0.25, -0.2) is 14.0 Å². The third kappa shape index (κ3) is 7.26. The van der Waals surface area contributed by atoms with Crippen LogP contribution in [0.5, 0.6) is 5.75 Å². The molecule has 2 aromatic carbocycles. The number of ether oxygens (including phenoxy) is 1. The lowest BCUT2D eigenvalue weighted by Crippen LogP contribution is -2.32. The standard InChI is InChI=1S/C24H22F3N3O4S2/c1-14(2)29-23(31)34-20-9-4-3-8-18(20)30-19(12-22(28)24(25,26)27)21-11-16(13-35-21)15-6-5-7-17(10-15)36(32)33/h3-14H,28H2,1-2H3,(H,29,31)(H,32,33). The fourth-order valence-corrected chi connectivity index (χ4v) is 4.23. The average molecular weight is 538 g/mol. The van der Waals surface area contributed by atoms with E-state index in [2.05, 4.69) is 10.3 Å². The van der Waals surface area contributed by atoms with Crippen LogP contribution in [0.4, 0.5) is 23.7 Å². The van der Waals surface area contributed by atoms with Gasteiger partial charge in [0.2, 0.25) is 0 Å². The number of carbonyl (C=O) groups excluding carboxylic acids is 1. The topological polar surface area (TPSA) is 114 Å². The van der Waals surface area contributed by atoms with Gasteiger partial charge in [-0.2, -0.15) is 13.2 Å². The molecule has 7 nitrogen and oxygen atoms in total. The number of carbonyl (C=O) groups is 1. The average Bonchev–Trinajstić information content (AvgIpc) is 3.29. The molecule has 12 heteroatoms. The lowest BCUT2D eigenvalue weighted by atomic mass is 10.1. The summed E-state index contributed by atoms with van der Waals surface area (Å²) in [5.41, 5.74) is 5.14. The van der Waals surface area contributed by atoms with Gasteiger partial charge in [-0.15, -0.1) is 11.3 Å². The summed E-state index contributed by atoms with van der Waals surface area (Å²) >= 11 is -1.08. The molecule has 190 valence electrons. The number of amides is 1. The van der Waals surface area contributed by atoms with E-state index in [9.17, 15) is 26.7 Å². The van der Waals surface area contributed by atoms with E-state index in [-0.39, 0.29) is 28.1 Å². The number of thiophene rings is 1. The van der Waals surface area contributed by atoms with Crippen LogP contribution in [0, 0.1) is 0 Å². The SMILES string of the molecule is CC(C)NC(=O)Oc1ccccc1N=C(C=C(N)C(F)(F)F)c1cc(-c2cccc(S(=O)O)c2)cs1. The number of hydrogen-bond donors (Lipinski definition) is 3. The Morgan fingerprint density at radius 1 is 1.17 bits per heavy atom. The van der Waals surface area contributed by atoms with Crippen LogP contribution in [0.25, 0.3) is 11.1 Å². The summed E-state index contributed by atoms with van der Waals surface area (Å²) in [6, 6.07) is 13.9. The van der Waals surface area contributed by atoms with E-state index >= 15 is 0 Å². The Kier molecular flexibility index (Phi) is 8.66. The van der Waals surface area contributed by atoms with Gasteiger partial charge < -0.3 is 20.3 Å². The minimum Gasteiger partial charge on any atom is -0.408 e. The van der Waals surface area contributed by atoms with Gasteiger partial charge in [-0.05, 0) is 66.8 Å². The van der Waals surface area contributed by atoms with Crippen LogP contribution in [-0.2, 0) is 11.1 Å². The summed E-state index contributed by atoms with van der Waals surface area (Å²) in [5.74, 6) is 0.0436. The van der Waals surface area contributed by atoms with E-state index in [1.165, 1.54) is 24.3 Å². The van der Waals surface area contributed by atoms with Gasteiger partial charge >= 0.3 is 12.3 Å². The Morgan fingerprint density at radius 3 is 2.56 bits per heavy atom. The summed E-state index contributed by atoms with van der Waals surface area (Å²) < 4.78 is 65.8. The van der Waals surface area contributed by atoms with Gasteiger partial charge in [-0.1, -0.05) is 24.3 Å². The first-order valence-electron chi connectivity index (χ1n) is 10.4. The van der Waals surface area contributed by atoms with Crippen LogP contribution in [0.3, 0.4) is 0 Å². The lowest BCUT2D eigenvalue weighted by Gasteiger charge is -2.11. The number of nitrogens with two attached hydrogens (primary N) is 1. The van der Waals surface area contributed by atoms with Crippen LogP contribution >= 0.6 is 11.3 Å². The number of para-hydroxylation sites is 2. The molecule has 4 N–H and O–H groups in total. The van der Waals surface area contributed by atoms with Gasteiger partial charge in [0, 0.05) is 6.04 Å². The zero-order valence-electron chi connectivity index (χ0n) is 19.1. The zero-order chi connectivity index (χ0) is 26.5. The molecular formula is C24H22F3N3O4S2. The molecule has 3 rings (SSSR count). The van der Waals surface area contributed by atoms with Gasteiger partial charge in [-0.3, -0.25) is 0 Å². The minimum atomic E-state index is -4.78. The van der Waals surface area contributed by atoms with E-state index in [0.717, 1.165) is 11.3 Å². The molecule has 0 spiro atoms. The molecular weight excluding hydrogens is 515 g/mol. The number of nitrogens with zero attached hydrogens (tertiary/aromatic N) is 1. The number of hydrogen-bond acceptors (Lipinski definition) is 6. The molecule has 1 amide bonds. The van der Waals surface area contributed by atoms with Crippen molar-refractivity contribution in [1.29, 1.82) is 0 Å². The van der Waals surface area contributed by atoms with Crippen LogP contribution in [0.15, 0.2) is 81.6 Å². The van der Waals surface area contributed by atoms with Crippen molar-refractivity contribution >= 4 is 39.9 Å². The highest BCUT2D eigenvalue weighted by Gasteiger charge is 2.32. The Labute approximate surface area is 211 Å². The van der Waals surface area contributed by atoms with Gasteiger partial charge in [0.25, 0.3) is 0 Å². The molecule has 0 fully saturated rings. The molecule has 1 aromatic heterocycles. The Hall–Kier alpha value is -3.48. The Bertz CT molecular complexity index is 1330. The molecule has 0 saturated carbocycles. The number of alkyl halides is 3. The fourth-order valence-electron chi connectivity index (χ4n) is 2.92. The quantitative estimate of drug-likeness (QED) is 0.252. The molecule has 1 heterocycles. The smallest absolute Gasteiger partial charge is 0.408 e. The highest BCUT2D eigenvalue weighted by molar-refractivity contribution is 7.79. The van der Waals surface area contributed by atoms with Crippen molar-refractivity contribution in [2.24, 2.45) is 10.7 Å². The summed E-state index contributed by atoms with van der Waals surface area (Å²) in [6.45, 7) is 3.49. The second-order valence-electron chi connectivity index (χ2n) is 7.73. The third-order valence-corrected chi connectivity index (χ3v) is 6.17. The van der Waals surface area contributed by atoms with Gasteiger partial charge in [0.15, 0.2) is 16.8 Å². The normalized spacial score (nSPS) is 13.5. The van der Waals surface area contributed by atoms with Crippen molar-refractivity contribution in [2.45, 2.75) is 31.0 Å². The highest BCUT2D eigenvalue weighted by atomic mass is 32.2. The van der Waals surface area contributed by atoms with Gasteiger partial charge in [0.1, 0.15) is 11.4 Å². The molecule has 0 radical (unpaired) electrons. The molecule has 0 aliphatic carbocycles. The van der Waals surface area contributed by atoms with Crippen LogP contribution in [-0.4, -0.2) is 32.8 Å². The second-order valence-corrected chi connectivity index (χ2v) is 9.61. The van der Waals surface area contributed by atoms with Crippen molar-refractivity contribution in [3.05, 3.63) is 76.6 Å². The summed E-state index contributed by atoms with van der Waals surface area (Å²) in [5, 5.41) is 4.24. The Balaban J connectivity index is 2.07. The number of allylic oxidation sites excluding steroid dienone is 2. The van der Waals surface area contributed by atoms with E-state index < -0.39 is 29.0 Å². The van der Waals surface area contributed by atoms with Crippen molar-refractivity contribution < 1.29 is 31.5 Å². The van der Waals surface area contributed by atoms with Crippen LogP contribution in [0.2, 0.25) is 0 Å². The molecule has 1 atom stereocenters. The largest absolute Gasteiger partial charge is 0.430 e. The van der Waals surface area contributed by atoms with Crippen LogP contribution < -0.4 is 15.8 Å². The molecule has 0 bridgehead atoms. The van der Waals surface area contributed by atoms with E-state index in [1.54, 1.807) is 49.6 Å². The van der Waals surface area contributed by atoms with Crippen molar-refractivity contribution in [3.8, 4) is 16.9 Å². The summed E-state index contributed by atoms with van der Waals surface area (Å²) in [4.78, 5) is 16.9. The molecule has 0 aliphatic heterocycles. The monoisotopic (exact) mass is 537 g/mol. The maximum absolute atomic E-state index is 13.3. The lowest BCUT2D eigenvalue weighted by molar-refractivity contribution is -0.0925. The van der Waals surface area contributed by atoms with Crippen LogP contribution in [0.1, 0.15) is 18.7 Å². The first kappa shape index (κ1) is 27.1. The Morgan fingerprint density at radius 2 is 1.89 bits per heavy atom. The molecule has 0 aliphatic rings. The molecule has 0 saturated heterocycles. The van der Waals surface area contributed by atoms with Crippen molar-refractivity contribution in [1.82, 2.24) is 5.32 Å². The van der Waals surface area contributed by atoms with E-state index in [4.69, 9.17) is 10.5 Å². The number of rotatable bonds is 7. The summed E-state index contributed by atoms with van der Waals surface area (Å²) in [6.07, 6.45) is -4.81. The fraction of sp³-hybridized carbons (Fsp3) is 0.167. The molecule has 36 heavy (non-hydrogen) atoms. The van der Waals surface area contributed by atoms with Gasteiger partial charge in [0.05, 0.1) is 15.5 Å². The number of benzene rings is 2. The maximum Gasteiger partial charge on any atom is 0.430 e. The second kappa shape index (κ2) is 11.5. The predicted octanol–water partition coefficient (Wildman–Crippen LogP) is 6.02. The summed E-state index contributed by atoms with van der Waals surface area (Å²) in [7, 11) is 0.